The lowest BCUT2D eigenvalue weighted by molar-refractivity contribution is 0.360. The van der Waals surface area contributed by atoms with Crippen molar-refractivity contribution < 1.29 is 0 Å². The summed E-state index contributed by atoms with van der Waals surface area (Å²) >= 11 is 0. The molecule has 2 aromatic rings. The first-order valence-corrected chi connectivity index (χ1v) is 8.03. The quantitative estimate of drug-likeness (QED) is 0.824. The Morgan fingerprint density at radius 2 is 2.00 bits per heavy atom. The Bertz CT molecular complexity index is 734. The van der Waals surface area contributed by atoms with Crippen molar-refractivity contribution in [1.29, 1.82) is 0 Å². The minimum Gasteiger partial charge on any atom is -0.369 e. The van der Waals surface area contributed by atoms with Gasteiger partial charge in [-0.25, -0.2) is 4.68 Å². The van der Waals surface area contributed by atoms with Crippen LogP contribution in [0.15, 0.2) is 23.3 Å². The highest BCUT2D eigenvalue weighted by Crippen LogP contribution is 2.13. The fourth-order valence-corrected chi connectivity index (χ4v) is 2.99. The Morgan fingerprint density at radius 1 is 1.17 bits per heavy atom. The molecule has 1 fully saturated rings. The number of aromatic nitrogens is 4. The van der Waals surface area contributed by atoms with Crippen molar-refractivity contribution in [3.63, 3.8) is 0 Å². The molecule has 3 heterocycles. The summed E-state index contributed by atoms with van der Waals surface area (Å²) in [6.07, 6.45) is 4.84. The maximum atomic E-state index is 12.4. The zero-order valence-corrected chi connectivity index (χ0v) is 14.1. The minimum absolute atomic E-state index is 0.0663. The smallest absolute Gasteiger partial charge is 0.269 e. The maximum Gasteiger partial charge on any atom is 0.269 e. The third-order valence-electron chi connectivity index (χ3n) is 4.38. The van der Waals surface area contributed by atoms with Gasteiger partial charge in [0.25, 0.3) is 5.56 Å². The molecular weight excluding hydrogens is 292 g/mol. The number of anilines is 1. The number of aryl methyl sites for hydroxylation is 2. The third kappa shape index (κ3) is 3.61. The van der Waals surface area contributed by atoms with Gasteiger partial charge in [0.2, 0.25) is 0 Å². The molecule has 0 unspecified atom stereocenters. The van der Waals surface area contributed by atoms with Gasteiger partial charge in [0.1, 0.15) is 0 Å². The van der Waals surface area contributed by atoms with Gasteiger partial charge >= 0.3 is 0 Å². The Morgan fingerprint density at radius 3 is 2.70 bits per heavy atom. The molecule has 0 aromatic carbocycles. The summed E-state index contributed by atoms with van der Waals surface area (Å²) in [6.45, 7) is 6.42. The molecule has 2 aromatic heterocycles. The highest BCUT2D eigenvalue weighted by atomic mass is 16.1. The van der Waals surface area contributed by atoms with E-state index in [2.05, 4.69) is 27.0 Å². The molecule has 124 valence electrons. The van der Waals surface area contributed by atoms with Crippen LogP contribution in [0.4, 0.5) is 5.69 Å². The summed E-state index contributed by atoms with van der Waals surface area (Å²) in [5.74, 6) is 0. The lowest BCUT2D eigenvalue weighted by Gasteiger charge is -2.22. The normalized spacial score (nSPS) is 16.6. The molecule has 23 heavy (non-hydrogen) atoms. The van der Waals surface area contributed by atoms with Crippen LogP contribution >= 0.6 is 0 Å². The van der Waals surface area contributed by atoms with Crippen LogP contribution in [-0.2, 0) is 13.6 Å². The monoisotopic (exact) mass is 316 g/mol. The molecule has 1 aliphatic heterocycles. The van der Waals surface area contributed by atoms with E-state index in [1.165, 1.54) is 4.68 Å². The molecular formula is C16H24N6O. The zero-order chi connectivity index (χ0) is 16.4. The number of rotatable bonds is 3. The first kappa shape index (κ1) is 15.7. The van der Waals surface area contributed by atoms with Crippen molar-refractivity contribution in [2.24, 2.45) is 7.05 Å². The summed E-state index contributed by atoms with van der Waals surface area (Å²) in [5.41, 5.74) is 2.81. The molecule has 0 spiro atoms. The van der Waals surface area contributed by atoms with Crippen LogP contribution in [0.5, 0.6) is 0 Å². The zero-order valence-electron chi connectivity index (χ0n) is 14.1. The van der Waals surface area contributed by atoms with Crippen molar-refractivity contribution in [2.75, 3.05) is 38.1 Å². The maximum absolute atomic E-state index is 12.4. The predicted molar refractivity (Wildman–Crippen MR) is 89.9 cm³/mol. The fourth-order valence-electron chi connectivity index (χ4n) is 2.99. The van der Waals surface area contributed by atoms with E-state index in [1.807, 2.05) is 20.2 Å². The van der Waals surface area contributed by atoms with Gasteiger partial charge < -0.3 is 9.80 Å². The number of hydrogen-bond acceptors (Lipinski definition) is 5. The number of likely N-dealkylation sites (N-methyl/N-ethyl adjacent to an activating group) is 1. The van der Waals surface area contributed by atoms with Crippen LogP contribution in [0.25, 0.3) is 0 Å². The van der Waals surface area contributed by atoms with Gasteiger partial charge in [-0.1, -0.05) is 0 Å². The highest BCUT2D eigenvalue weighted by molar-refractivity contribution is 5.43. The Kier molecular flexibility index (Phi) is 4.47. The van der Waals surface area contributed by atoms with Crippen LogP contribution in [-0.4, -0.2) is 57.7 Å². The predicted octanol–water partition coefficient (Wildman–Crippen LogP) is 0.475. The SMILES string of the molecule is Cc1nn(C)cc1Cn1ncc(N2CCCN(C)CC2)cc1=O. The topological polar surface area (TPSA) is 59.2 Å². The molecule has 0 saturated carbocycles. The lowest BCUT2D eigenvalue weighted by Crippen LogP contribution is -2.31. The van der Waals surface area contributed by atoms with Crippen LogP contribution < -0.4 is 10.5 Å². The van der Waals surface area contributed by atoms with Crippen LogP contribution in [0.3, 0.4) is 0 Å². The first-order valence-electron chi connectivity index (χ1n) is 8.03. The first-order chi connectivity index (χ1) is 11.0. The molecule has 0 radical (unpaired) electrons. The van der Waals surface area contributed by atoms with Crippen LogP contribution in [0.1, 0.15) is 17.7 Å². The van der Waals surface area contributed by atoms with Crippen molar-refractivity contribution in [1.82, 2.24) is 24.5 Å². The second-order valence-corrected chi connectivity index (χ2v) is 6.27. The third-order valence-corrected chi connectivity index (χ3v) is 4.38. The molecule has 0 atom stereocenters. The second-order valence-electron chi connectivity index (χ2n) is 6.27. The number of nitrogens with zero attached hydrogens (tertiary/aromatic N) is 6. The van der Waals surface area contributed by atoms with Crippen LogP contribution in [0, 0.1) is 6.92 Å². The van der Waals surface area contributed by atoms with E-state index in [9.17, 15) is 4.79 Å². The molecule has 0 aliphatic carbocycles. The van der Waals surface area contributed by atoms with Crippen molar-refractivity contribution in [2.45, 2.75) is 19.9 Å². The average molecular weight is 316 g/mol. The molecule has 0 amide bonds. The van der Waals surface area contributed by atoms with E-state index in [-0.39, 0.29) is 5.56 Å². The molecule has 7 nitrogen and oxygen atoms in total. The van der Waals surface area contributed by atoms with E-state index < -0.39 is 0 Å². The van der Waals surface area contributed by atoms with Gasteiger partial charge in [-0.05, 0) is 26.9 Å². The summed E-state index contributed by atoms with van der Waals surface area (Å²) < 4.78 is 3.26. The molecule has 0 N–H and O–H groups in total. The van der Waals surface area contributed by atoms with E-state index in [1.54, 1.807) is 16.9 Å². The average Bonchev–Trinajstić information content (AvgIpc) is 2.70. The second kappa shape index (κ2) is 6.54. The highest BCUT2D eigenvalue weighted by Gasteiger charge is 2.14. The van der Waals surface area contributed by atoms with Crippen molar-refractivity contribution in [3.8, 4) is 0 Å². The summed E-state index contributed by atoms with van der Waals surface area (Å²) in [4.78, 5) is 17.0. The fraction of sp³-hybridized carbons (Fsp3) is 0.562. The molecule has 1 saturated heterocycles. The van der Waals surface area contributed by atoms with Gasteiger partial charge in [-0.3, -0.25) is 9.48 Å². The largest absolute Gasteiger partial charge is 0.369 e. The standard InChI is InChI=1S/C16H24N6O/c1-13-14(11-20(3)18-13)12-22-16(23)9-15(10-17-22)21-6-4-5-19(2)7-8-21/h9-11H,4-8,12H2,1-3H3. The Hall–Kier alpha value is -2.15. The van der Waals surface area contributed by atoms with Crippen LogP contribution in [0.2, 0.25) is 0 Å². The number of hydrogen-bond donors (Lipinski definition) is 0. The summed E-state index contributed by atoms with van der Waals surface area (Å²) in [6, 6.07) is 1.70. The van der Waals surface area contributed by atoms with Gasteiger partial charge in [0.05, 0.1) is 24.1 Å². The van der Waals surface area contributed by atoms with Gasteiger partial charge in [0.15, 0.2) is 0 Å². The molecule has 3 rings (SSSR count). The minimum atomic E-state index is -0.0663. The Balaban J connectivity index is 1.78. The molecule has 0 bridgehead atoms. The van der Waals surface area contributed by atoms with E-state index in [0.717, 1.165) is 49.5 Å². The van der Waals surface area contributed by atoms with Crippen molar-refractivity contribution in [3.05, 3.63) is 40.1 Å². The van der Waals surface area contributed by atoms with E-state index >= 15 is 0 Å². The van der Waals surface area contributed by atoms with E-state index in [0.29, 0.717) is 6.54 Å². The molecule has 7 heteroatoms. The summed E-state index contributed by atoms with van der Waals surface area (Å²) in [5, 5.41) is 8.67. The van der Waals surface area contributed by atoms with Gasteiger partial charge in [-0.2, -0.15) is 10.2 Å². The van der Waals surface area contributed by atoms with E-state index in [4.69, 9.17) is 0 Å². The van der Waals surface area contributed by atoms with Gasteiger partial charge in [-0.15, -0.1) is 0 Å². The van der Waals surface area contributed by atoms with Gasteiger partial charge in [0, 0.05) is 44.5 Å². The van der Waals surface area contributed by atoms with Crippen molar-refractivity contribution >= 4 is 5.69 Å². The lowest BCUT2D eigenvalue weighted by atomic mass is 10.2. The Labute approximate surface area is 136 Å². The summed E-state index contributed by atoms with van der Waals surface area (Å²) in [7, 11) is 4.02. The molecule has 1 aliphatic rings.